The van der Waals surface area contributed by atoms with Crippen LogP contribution in [-0.4, -0.2) is 15.9 Å². The number of imidazole rings is 1. The molecule has 1 aromatic heterocycles. The maximum Gasteiger partial charge on any atom is 0.255 e. The second-order valence-corrected chi connectivity index (χ2v) is 5.76. The van der Waals surface area contributed by atoms with E-state index in [0.717, 1.165) is 28.1 Å². The van der Waals surface area contributed by atoms with E-state index in [-0.39, 0.29) is 5.91 Å². The largest absolute Gasteiger partial charge is 0.399 e. The first-order chi connectivity index (χ1) is 12.2. The number of nitrogen functional groups attached to an aromatic ring is 1. The number of carbonyl (C=O) groups excluding carboxylic acids is 1. The molecule has 122 valence electrons. The molecular formula is C20H16N4O. The third-order valence-corrected chi connectivity index (χ3v) is 3.96. The summed E-state index contributed by atoms with van der Waals surface area (Å²) in [6, 6.07) is 22.3. The van der Waals surface area contributed by atoms with E-state index >= 15 is 0 Å². The zero-order valence-electron chi connectivity index (χ0n) is 13.4. The Balaban J connectivity index is 1.56. The number of carbonyl (C=O) groups is 1. The monoisotopic (exact) mass is 328 g/mol. The van der Waals surface area contributed by atoms with E-state index in [4.69, 9.17) is 5.73 Å². The average Bonchev–Trinajstić information content (AvgIpc) is 3.06. The van der Waals surface area contributed by atoms with E-state index < -0.39 is 0 Å². The lowest BCUT2D eigenvalue weighted by Crippen LogP contribution is -2.11. The molecule has 3 aromatic carbocycles. The molecule has 0 saturated heterocycles. The quantitative estimate of drug-likeness (QED) is 0.496. The second kappa shape index (κ2) is 6.13. The van der Waals surface area contributed by atoms with Crippen molar-refractivity contribution in [2.24, 2.45) is 0 Å². The number of benzene rings is 3. The molecule has 0 aliphatic rings. The van der Waals surface area contributed by atoms with E-state index in [1.807, 2.05) is 60.7 Å². The van der Waals surface area contributed by atoms with Gasteiger partial charge in [0.1, 0.15) is 5.82 Å². The van der Waals surface area contributed by atoms with Crippen LogP contribution in [0.25, 0.3) is 22.4 Å². The summed E-state index contributed by atoms with van der Waals surface area (Å²) in [5.41, 5.74) is 10.6. The van der Waals surface area contributed by atoms with Gasteiger partial charge in [0.05, 0.1) is 11.0 Å². The molecule has 0 spiro atoms. The fourth-order valence-electron chi connectivity index (χ4n) is 2.67. The van der Waals surface area contributed by atoms with Gasteiger partial charge in [-0.15, -0.1) is 0 Å². The summed E-state index contributed by atoms with van der Waals surface area (Å²) in [7, 11) is 0. The maximum atomic E-state index is 12.2. The molecule has 0 aliphatic carbocycles. The smallest absolute Gasteiger partial charge is 0.255 e. The van der Waals surface area contributed by atoms with E-state index in [9.17, 15) is 4.79 Å². The molecule has 0 unspecified atom stereocenters. The lowest BCUT2D eigenvalue weighted by atomic mass is 10.1. The van der Waals surface area contributed by atoms with Crippen molar-refractivity contribution in [1.82, 2.24) is 9.97 Å². The molecule has 25 heavy (non-hydrogen) atoms. The van der Waals surface area contributed by atoms with Gasteiger partial charge in [0.15, 0.2) is 0 Å². The van der Waals surface area contributed by atoms with E-state index in [1.165, 1.54) is 0 Å². The van der Waals surface area contributed by atoms with Gasteiger partial charge in [0.2, 0.25) is 0 Å². The summed E-state index contributed by atoms with van der Waals surface area (Å²) < 4.78 is 0. The Labute approximate surface area is 144 Å². The Morgan fingerprint density at radius 2 is 1.72 bits per heavy atom. The minimum absolute atomic E-state index is 0.132. The molecule has 0 saturated carbocycles. The van der Waals surface area contributed by atoms with Crippen molar-refractivity contribution in [3.05, 3.63) is 78.4 Å². The van der Waals surface area contributed by atoms with Crippen LogP contribution in [0.15, 0.2) is 72.8 Å². The van der Waals surface area contributed by atoms with Crippen LogP contribution in [0.4, 0.5) is 11.4 Å². The molecule has 0 radical (unpaired) electrons. The van der Waals surface area contributed by atoms with Crippen molar-refractivity contribution in [3.8, 4) is 11.4 Å². The summed E-state index contributed by atoms with van der Waals surface area (Å²) in [5.74, 6) is 0.633. The number of rotatable bonds is 3. The molecule has 0 fully saturated rings. The van der Waals surface area contributed by atoms with Gasteiger partial charge >= 0.3 is 0 Å². The molecule has 5 nitrogen and oxygen atoms in total. The minimum Gasteiger partial charge on any atom is -0.399 e. The number of aromatic amines is 1. The number of fused-ring (bicyclic) bond motifs is 1. The molecule has 1 heterocycles. The van der Waals surface area contributed by atoms with Crippen LogP contribution in [0.5, 0.6) is 0 Å². The topological polar surface area (TPSA) is 83.8 Å². The van der Waals surface area contributed by atoms with Crippen molar-refractivity contribution in [1.29, 1.82) is 0 Å². The molecule has 4 aromatic rings. The summed E-state index contributed by atoms with van der Waals surface area (Å²) in [4.78, 5) is 20.0. The SMILES string of the molecule is Nc1ccc2nc(-c3ccc(NC(=O)c4ccccc4)cc3)[nH]c2c1. The normalized spacial score (nSPS) is 10.7. The Morgan fingerprint density at radius 1 is 0.960 bits per heavy atom. The molecule has 4 N–H and O–H groups in total. The maximum absolute atomic E-state index is 12.2. The van der Waals surface area contributed by atoms with Gasteiger partial charge in [0.25, 0.3) is 5.91 Å². The Morgan fingerprint density at radius 3 is 2.48 bits per heavy atom. The summed E-state index contributed by atoms with van der Waals surface area (Å²) >= 11 is 0. The van der Waals surface area contributed by atoms with Crippen LogP contribution < -0.4 is 11.1 Å². The highest BCUT2D eigenvalue weighted by Gasteiger charge is 2.08. The van der Waals surface area contributed by atoms with Crippen LogP contribution >= 0.6 is 0 Å². The Bertz CT molecular complexity index is 1040. The average molecular weight is 328 g/mol. The van der Waals surface area contributed by atoms with Gasteiger partial charge in [-0.3, -0.25) is 4.79 Å². The molecule has 0 atom stereocenters. The molecule has 5 heteroatoms. The second-order valence-electron chi connectivity index (χ2n) is 5.76. The molecular weight excluding hydrogens is 312 g/mol. The number of nitrogens with zero attached hydrogens (tertiary/aromatic N) is 1. The number of H-pyrrole nitrogens is 1. The molecule has 0 bridgehead atoms. The van der Waals surface area contributed by atoms with Crippen LogP contribution in [-0.2, 0) is 0 Å². The molecule has 4 rings (SSSR count). The summed E-state index contributed by atoms with van der Waals surface area (Å²) in [6.07, 6.45) is 0. The highest BCUT2D eigenvalue weighted by molar-refractivity contribution is 6.04. The van der Waals surface area contributed by atoms with Crippen molar-refractivity contribution in [2.45, 2.75) is 0 Å². The number of amides is 1. The van der Waals surface area contributed by atoms with Crippen molar-refractivity contribution >= 4 is 28.3 Å². The summed E-state index contributed by atoms with van der Waals surface area (Å²) in [6.45, 7) is 0. The fourth-order valence-corrected chi connectivity index (χ4v) is 2.67. The predicted molar refractivity (Wildman–Crippen MR) is 100 cm³/mol. The number of hydrogen-bond donors (Lipinski definition) is 3. The first-order valence-electron chi connectivity index (χ1n) is 7.91. The molecule has 1 amide bonds. The zero-order chi connectivity index (χ0) is 17.2. The first-order valence-corrected chi connectivity index (χ1v) is 7.91. The van der Waals surface area contributed by atoms with Crippen LogP contribution in [0.2, 0.25) is 0 Å². The zero-order valence-corrected chi connectivity index (χ0v) is 13.4. The van der Waals surface area contributed by atoms with Gasteiger partial charge in [-0.2, -0.15) is 0 Å². The molecule has 0 aliphatic heterocycles. The first kappa shape index (κ1) is 15.0. The minimum atomic E-state index is -0.132. The Kier molecular flexibility index (Phi) is 3.67. The lowest BCUT2D eigenvalue weighted by molar-refractivity contribution is 0.102. The summed E-state index contributed by atoms with van der Waals surface area (Å²) in [5, 5.41) is 2.88. The van der Waals surface area contributed by atoms with Crippen LogP contribution in [0.1, 0.15) is 10.4 Å². The van der Waals surface area contributed by atoms with E-state index in [1.54, 1.807) is 12.1 Å². The van der Waals surface area contributed by atoms with Gasteiger partial charge < -0.3 is 16.0 Å². The van der Waals surface area contributed by atoms with E-state index in [0.29, 0.717) is 11.3 Å². The third kappa shape index (κ3) is 3.07. The highest BCUT2D eigenvalue weighted by Crippen LogP contribution is 2.23. The van der Waals surface area contributed by atoms with Crippen molar-refractivity contribution in [2.75, 3.05) is 11.1 Å². The lowest BCUT2D eigenvalue weighted by Gasteiger charge is -2.05. The highest BCUT2D eigenvalue weighted by atomic mass is 16.1. The van der Waals surface area contributed by atoms with Gasteiger partial charge in [-0.25, -0.2) is 4.98 Å². The van der Waals surface area contributed by atoms with Gasteiger partial charge in [-0.05, 0) is 54.6 Å². The number of nitrogens with one attached hydrogen (secondary N) is 2. The van der Waals surface area contributed by atoms with Crippen LogP contribution in [0, 0.1) is 0 Å². The van der Waals surface area contributed by atoms with Crippen LogP contribution in [0.3, 0.4) is 0 Å². The number of aromatic nitrogens is 2. The van der Waals surface area contributed by atoms with Gasteiger partial charge in [0, 0.05) is 22.5 Å². The third-order valence-electron chi connectivity index (χ3n) is 3.96. The number of nitrogens with two attached hydrogens (primary N) is 1. The van der Waals surface area contributed by atoms with Gasteiger partial charge in [-0.1, -0.05) is 18.2 Å². The fraction of sp³-hybridized carbons (Fsp3) is 0. The van der Waals surface area contributed by atoms with E-state index in [2.05, 4.69) is 15.3 Å². The van der Waals surface area contributed by atoms with Crippen molar-refractivity contribution in [3.63, 3.8) is 0 Å². The number of anilines is 2. The van der Waals surface area contributed by atoms with Crippen molar-refractivity contribution < 1.29 is 4.79 Å². The Hall–Kier alpha value is -3.60. The predicted octanol–water partition coefficient (Wildman–Crippen LogP) is 4.06. The standard InChI is InChI=1S/C20H16N4O/c21-15-8-11-17-18(12-15)24-19(23-17)13-6-9-16(10-7-13)22-20(25)14-4-2-1-3-5-14/h1-12H,21H2,(H,22,25)(H,23,24). The number of hydrogen-bond acceptors (Lipinski definition) is 3.